The van der Waals surface area contributed by atoms with Crippen LogP contribution < -0.4 is 24.8 Å². The van der Waals surface area contributed by atoms with Gasteiger partial charge in [-0.05, 0) is 36.1 Å². The summed E-state index contributed by atoms with van der Waals surface area (Å²) in [6, 6.07) is 13.0. The number of allylic oxidation sites excluding steroid dienone is 10. The average molecular weight is 765 g/mol. The Hall–Kier alpha value is -0.480. The second kappa shape index (κ2) is 14.4. The normalized spacial score (nSPS) is 19.2. The summed E-state index contributed by atoms with van der Waals surface area (Å²) in [5.74, 6) is 0.959. The van der Waals surface area contributed by atoms with Gasteiger partial charge in [-0.15, -0.1) is 35.5 Å². The van der Waals surface area contributed by atoms with Gasteiger partial charge < -0.3 is 24.8 Å². The standard InChI is InChI=1S/2C15H12Br.C2H6Si.2ClH.Zr/c2*1-9-5-11-7-12-8-13(16)3-4-14(12)10(2)15(11)6-9;1-3-2;;;/h2*3-4,6-8,10H,1-2H3;1-2H3;2*1H;/q2*-1;;;;+2/p-2. The van der Waals surface area contributed by atoms with Gasteiger partial charge in [0.2, 0.25) is 0 Å². The van der Waals surface area contributed by atoms with Crippen molar-refractivity contribution in [2.75, 3.05) is 0 Å². The molecule has 0 amide bonds. The predicted molar refractivity (Wildman–Crippen MR) is 160 cm³/mol. The second-order valence-corrected chi connectivity index (χ2v) is 21.1. The van der Waals surface area contributed by atoms with Gasteiger partial charge >= 0.3 is 41.9 Å². The van der Waals surface area contributed by atoms with Gasteiger partial charge in [-0.2, -0.15) is 34.4 Å². The van der Waals surface area contributed by atoms with Crippen LogP contribution in [0.4, 0.5) is 0 Å². The number of rotatable bonds is 0. The van der Waals surface area contributed by atoms with Crippen molar-refractivity contribution in [3.05, 3.63) is 125 Å². The molecule has 0 bridgehead atoms. The van der Waals surface area contributed by atoms with Gasteiger partial charge in [0.15, 0.2) is 0 Å². The van der Waals surface area contributed by atoms with E-state index in [9.17, 15) is 0 Å². The summed E-state index contributed by atoms with van der Waals surface area (Å²) >= 11 is 8.79. The Morgan fingerprint density at radius 3 is 1.37 bits per heavy atom. The third-order valence-corrected chi connectivity index (χ3v) is 7.58. The molecule has 2 aromatic rings. The summed E-state index contributed by atoms with van der Waals surface area (Å²) in [5.41, 5.74) is 13.5. The van der Waals surface area contributed by atoms with E-state index < -0.39 is 0 Å². The molecular weight excluding hydrogens is 734 g/mol. The Morgan fingerprint density at radius 2 is 1.03 bits per heavy atom. The molecule has 2 atom stereocenters. The number of hydrogen-bond donors (Lipinski definition) is 0. The van der Waals surface area contributed by atoms with Crippen molar-refractivity contribution in [1.82, 2.24) is 0 Å². The zero-order valence-electron chi connectivity index (χ0n) is 22.4. The van der Waals surface area contributed by atoms with E-state index in [0.717, 1.165) is 8.95 Å². The fourth-order valence-corrected chi connectivity index (χ4v) is 5.75. The topological polar surface area (TPSA) is 0 Å². The van der Waals surface area contributed by atoms with E-state index >= 15 is 0 Å². The monoisotopic (exact) mass is 760 g/mol. The predicted octanol–water partition coefficient (Wildman–Crippen LogP) is 4.07. The van der Waals surface area contributed by atoms with Crippen molar-refractivity contribution in [3.63, 3.8) is 0 Å². The molecule has 0 fully saturated rings. The van der Waals surface area contributed by atoms with Crippen LogP contribution in [-0.2, 0) is 23.3 Å². The molecule has 0 aromatic heterocycles. The number of benzene rings is 2. The molecule has 0 spiro atoms. The number of halogens is 4. The molecule has 2 unspecified atom stereocenters. The minimum absolute atomic E-state index is 0. The molecule has 6 rings (SSSR count). The maximum absolute atomic E-state index is 3.53. The van der Waals surface area contributed by atoms with Crippen LogP contribution in [0, 0.1) is 12.2 Å². The quantitative estimate of drug-likeness (QED) is 0.281. The molecular formula is C32H30Br2Cl2SiZr-2. The Balaban J connectivity index is 0.000000224. The summed E-state index contributed by atoms with van der Waals surface area (Å²) in [6.07, 6.45) is 15.8. The number of hydrogen-bond acceptors (Lipinski definition) is 0. The average Bonchev–Trinajstić information content (AvgIpc) is 3.35. The zero-order chi connectivity index (χ0) is 26.1. The van der Waals surface area contributed by atoms with Gasteiger partial charge in [0.25, 0.3) is 0 Å². The second-order valence-electron chi connectivity index (χ2n) is 9.92. The van der Waals surface area contributed by atoms with E-state index in [2.05, 4.69) is 146 Å². The van der Waals surface area contributed by atoms with Crippen molar-refractivity contribution >= 4 is 49.4 Å². The fraction of sp³-hybridized carbons (Fsp3) is 0.250. The molecule has 0 aliphatic heterocycles. The van der Waals surface area contributed by atoms with Crippen LogP contribution in [0.25, 0.3) is 12.2 Å². The van der Waals surface area contributed by atoms with Gasteiger partial charge in [-0.1, -0.05) is 93.9 Å². The molecule has 0 radical (unpaired) electrons. The van der Waals surface area contributed by atoms with E-state index in [1.807, 2.05) is 0 Å². The molecule has 0 N–H and O–H groups in total. The zero-order valence-corrected chi connectivity index (χ0v) is 30.6. The SMILES string of the molecule is CC1=[C-]C2=Cc3cc(Br)ccc3C(C)C2=C1.CC1=[C-]C2=Cc3cc(Br)ccc3C(C)C2=C1.C[Si](C)=[Zr+2].[Cl-].[Cl-]. The molecule has 4 aliphatic carbocycles. The Kier molecular flexibility index (Phi) is 12.8. The molecule has 0 saturated heterocycles. The Bertz CT molecular complexity index is 1340. The van der Waals surface area contributed by atoms with Crippen LogP contribution in [0.2, 0.25) is 13.1 Å². The number of fused-ring (bicyclic) bond motifs is 4. The van der Waals surface area contributed by atoms with E-state index in [-0.39, 0.29) is 30.2 Å². The summed E-state index contributed by atoms with van der Waals surface area (Å²) in [6.45, 7) is 13.4. The van der Waals surface area contributed by atoms with Crippen LogP contribution in [0.3, 0.4) is 0 Å². The molecule has 38 heavy (non-hydrogen) atoms. The molecule has 196 valence electrons. The van der Waals surface area contributed by atoms with E-state index in [1.165, 1.54) is 55.7 Å². The van der Waals surface area contributed by atoms with Crippen molar-refractivity contribution in [1.29, 1.82) is 0 Å². The maximum atomic E-state index is 3.53. The van der Waals surface area contributed by atoms with Crippen LogP contribution in [0.1, 0.15) is 61.8 Å². The first-order valence-corrected chi connectivity index (χ1v) is 20.0. The van der Waals surface area contributed by atoms with Crippen LogP contribution in [0.15, 0.2) is 90.9 Å². The third-order valence-electron chi connectivity index (χ3n) is 6.59. The Labute approximate surface area is 273 Å². The first-order valence-electron chi connectivity index (χ1n) is 12.2. The molecule has 0 nitrogen and oxygen atoms in total. The van der Waals surface area contributed by atoms with Gasteiger partial charge in [-0.25, -0.2) is 0 Å². The minimum Gasteiger partial charge on any atom is -1.00 e. The van der Waals surface area contributed by atoms with Crippen molar-refractivity contribution in [2.45, 2.75) is 52.6 Å². The summed E-state index contributed by atoms with van der Waals surface area (Å²) < 4.78 is 2.28. The van der Waals surface area contributed by atoms with Crippen molar-refractivity contribution in [2.24, 2.45) is 0 Å². The Morgan fingerprint density at radius 1 is 0.684 bits per heavy atom. The van der Waals surface area contributed by atoms with E-state index in [0.29, 0.717) is 11.8 Å². The molecule has 6 heteroatoms. The van der Waals surface area contributed by atoms with Gasteiger partial charge in [0.1, 0.15) is 0 Å². The van der Waals surface area contributed by atoms with E-state index in [1.54, 1.807) is 23.3 Å². The van der Waals surface area contributed by atoms with Gasteiger partial charge in [0.05, 0.1) is 0 Å². The first kappa shape index (κ1) is 33.7. The smallest absolute Gasteiger partial charge is 1.00 e. The summed E-state index contributed by atoms with van der Waals surface area (Å²) in [5, 5.41) is 0. The van der Waals surface area contributed by atoms with Gasteiger partial charge in [-0.3, -0.25) is 0 Å². The molecule has 2 aromatic carbocycles. The summed E-state index contributed by atoms with van der Waals surface area (Å²) in [7, 11) is 0. The van der Waals surface area contributed by atoms with Crippen molar-refractivity contribution < 1.29 is 48.1 Å². The minimum atomic E-state index is 0. The van der Waals surface area contributed by atoms with Gasteiger partial charge in [0, 0.05) is 8.95 Å². The molecule has 4 aliphatic rings. The summed E-state index contributed by atoms with van der Waals surface area (Å²) in [4.78, 5) is 0. The third kappa shape index (κ3) is 7.83. The largest absolute Gasteiger partial charge is 1.00 e. The van der Waals surface area contributed by atoms with Crippen LogP contribution in [0.5, 0.6) is 0 Å². The van der Waals surface area contributed by atoms with Crippen LogP contribution >= 0.6 is 31.9 Å². The maximum Gasteiger partial charge on any atom is -1.00 e. The molecule has 0 saturated carbocycles. The van der Waals surface area contributed by atoms with E-state index in [4.69, 9.17) is 0 Å². The molecule has 0 heterocycles. The first-order chi connectivity index (χ1) is 17.0. The van der Waals surface area contributed by atoms with Crippen LogP contribution in [-0.4, -0.2) is 5.43 Å². The van der Waals surface area contributed by atoms with Crippen molar-refractivity contribution in [3.8, 4) is 0 Å². The fourth-order valence-electron chi connectivity index (χ4n) is 4.99.